The Morgan fingerprint density at radius 2 is 2.38 bits per heavy atom. The molecule has 0 N–H and O–H groups in total. The number of fused-ring (bicyclic) bond motifs is 1. The molecular weight excluding hydrogens is 222 g/mol. The summed E-state index contributed by atoms with van der Waals surface area (Å²) in [6.45, 7) is 7.92. The fraction of sp³-hybridized carbons (Fsp3) is 0.333. The minimum atomic E-state index is 0.386. The highest BCUT2D eigenvalue weighted by Gasteiger charge is 2.26. The lowest BCUT2D eigenvalue weighted by Gasteiger charge is -2.30. The Kier molecular flexibility index (Phi) is 2.97. The van der Waals surface area contributed by atoms with Crippen molar-refractivity contribution in [3.05, 3.63) is 35.2 Å². The van der Waals surface area contributed by atoms with Crippen LogP contribution in [0.5, 0.6) is 0 Å². The third-order valence-electron chi connectivity index (χ3n) is 2.83. The fourth-order valence-corrected chi connectivity index (χ4v) is 2.18. The van der Waals surface area contributed by atoms with E-state index in [4.69, 9.17) is 11.6 Å². The molecule has 2 rings (SSSR count). The van der Waals surface area contributed by atoms with Crippen LogP contribution in [-0.2, 0) is 0 Å². The molecule has 0 aromatic heterocycles. The van der Waals surface area contributed by atoms with Crippen molar-refractivity contribution in [2.45, 2.75) is 26.7 Å². The van der Waals surface area contributed by atoms with Gasteiger partial charge in [-0.2, -0.15) is 5.10 Å². The number of amidine groups is 1. The molecule has 2 heterocycles. The van der Waals surface area contributed by atoms with Crippen molar-refractivity contribution < 1.29 is 0 Å². The summed E-state index contributed by atoms with van der Waals surface area (Å²) in [4.78, 5) is 4.26. The Balaban J connectivity index is 2.60. The first-order chi connectivity index (χ1) is 7.69. The van der Waals surface area contributed by atoms with Gasteiger partial charge in [-0.25, -0.2) is 10.0 Å². The number of rotatable bonds is 2. The Labute approximate surface area is 100 Å². The molecule has 0 saturated heterocycles. The molecule has 0 radical (unpaired) electrons. The molecule has 0 bridgehead atoms. The zero-order valence-corrected chi connectivity index (χ0v) is 10.3. The van der Waals surface area contributed by atoms with E-state index in [2.05, 4.69) is 23.6 Å². The summed E-state index contributed by atoms with van der Waals surface area (Å²) in [5.41, 5.74) is 4.34. The molecule has 84 valence electrons. The minimum absolute atomic E-state index is 0.386. The van der Waals surface area contributed by atoms with Crippen LogP contribution in [0.1, 0.15) is 26.7 Å². The highest BCUT2D eigenvalue weighted by molar-refractivity contribution is 6.65. The minimum Gasteiger partial charge on any atom is -0.218 e. The van der Waals surface area contributed by atoms with Crippen molar-refractivity contribution in [1.29, 1.82) is 0 Å². The van der Waals surface area contributed by atoms with E-state index in [0.29, 0.717) is 5.29 Å². The van der Waals surface area contributed by atoms with Crippen LogP contribution < -0.4 is 0 Å². The lowest BCUT2D eigenvalue weighted by atomic mass is 9.99. The summed E-state index contributed by atoms with van der Waals surface area (Å²) >= 11 is 6.10. The Morgan fingerprint density at radius 1 is 1.62 bits per heavy atom. The van der Waals surface area contributed by atoms with E-state index < -0.39 is 0 Å². The van der Waals surface area contributed by atoms with Crippen LogP contribution in [-0.4, -0.2) is 16.5 Å². The van der Waals surface area contributed by atoms with Crippen molar-refractivity contribution in [2.75, 3.05) is 0 Å². The van der Waals surface area contributed by atoms with E-state index in [1.807, 2.05) is 13.1 Å². The first-order valence-electron chi connectivity index (χ1n) is 5.31. The fourth-order valence-electron chi connectivity index (χ4n) is 1.96. The SMILES string of the molecule is C=CC1=C(C)C2=C(CC)CC=NN2C(Cl)=N1. The normalized spacial score (nSPS) is 19.9. The highest BCUT2D eigenvalue weighted by atomic mass is 35.5. The van der Waals surface area contributed by atoms with E-state index in [1.54, 1.807) is 11.1 Å². The summed E-state index contributed by atoms with van der Waals surface area (Å²) in [5.74, 6) is 0. The molecule has 16 heavy (non-hydrogen) atoms. The number of hydrogen-bond donors (Lipinski definition) is 0. The van der Waals surface area contributed by atoms with E-state index >= 15 is 0 Å². The van der Waals surface area contributed by atoms with Gasteiger partial charge in [-0.1, -0.05) is 13.5 Å². The maximum absolute atomic E-state index is 6.10. The predicted octanol–water partition coefficient (Wildman–Crippen LogP) is 3.41. The monoisotopic (exact) mass is 235 g/mol. The largest absolute Gasteiger partial charge is 0.224 e. The van der Waals surface area contributed by atoms with E-state index in [1.165, 1.54) is 5.57 Å². The average Bonchev–Trinajstić information content (AvgIpc) is 2.32. The molecule has 0 saturated carbocycles. The van der Waals surface area contributed by atoms with Crippen molar-refractivity contribution in [1.82, 2.24) is 5.01 Å². The molecule has 0 unspecified atom stereocenters. The topological polar surface area (TPSA) is 28.0 Å². The summed E-state index contributed by atoms with van der Waals surface area (Å²) in [7, 11) is 0. The second-order valence-corrected chi connectivity index (χ2v) is 4.05. The maximum atomic E-state index is 6.10. The predicted molar refractivity (Wildman–Crippen MR) is 68.5 cm³/mol. The number of aliphatic imine (C=N–C) groups is 1. The second kappa shape index (κ2) is 4.26. The van der Waals surface area contributed by atoms with Gasteiger partial charge >= 0.3 is 0 Å². The van der Waals surface area contributed by atoms with Gasteiger partial charge in [0.15, 0.2) is 0 Å². The standard InChI is InChI=1S/C12H14ClN3/c1-4-9-6-7-14-16-11(9)8(3)10(5-2)15-12(16)13/h5,7H,2,4,6H2,1,3H3. The van der Waals surface area contributed by atoms with Gasteiger partial charge in [-0.15, -0.1) is 0 Å². The van der Waals surface area contributed by atoms with Crippen molar-refractivity contribution in [2.24, 2.45) is 10.1 Å². The van der Waals surface area contributed by atoms with E-state index in [9.17, 15) is 0 Å². The molecule has 0 amide bonds. The van der Waals surface area contributed by atoms with Gasteiger partial charge in [0.2, 0.25) is 5.29 Å². The van der Waals surface area contributed by atoms with Gasteiger partial charge < -0.3 is 0 Å². The van der Waals surface area contributed by atoms with Gasteiger partial charge in [0.05, 0.1) is 11.4 Å². The molecule has 0 spiro atoms. The van der Waals surface area contributed by atoms with Crippen LogP contribution in [0.3, 0.4) is 0 Å². The van der Waals surface area contributed by atoms with E-state index in [-0.39, 0.29) is 0 Å². The third-order valence-corrected chi connectivity index (χ3v) is 3.07. The zero-order chi connectivity index (χ0) is 11.7. The van der Waals surface area contributed by atoms with E-state index in [0.717, 1.165) is 29.8 Å². The quantitative estimate of drug-likeness (QED) is 0.674. The van der Waals surface area contributed by atoms with Gasteiger partial charge in [0.25, 0.3) is 0 Å². The zero-order valence-electron chi connectivity index (χ0n) is 9.50. The highest BCUT2D eigenvalue weighted by Crippen LogP contribution is 2.33. The summed E-state index contributed by atoms with van der Waals surface area (Å²) in [5, 5.41) is 6.36. The summed E-state index contributed by atoms with van der Waals surface area (Å²) < 4.78 is 0. The number of halogens is 1. The number of nitrogens with zero attached hydrogens (tertiary/aromatic N) is 3. The van der Waals surface area contributed by atoms with Crippen molar-refractivity contribution in [3.8, 4) is 0 Å². The second-order valence-electron chi connectivity index (χ2n) is 3.71. The van der Waals surface area contributed by atoms with Crippen LogP contribution in [0.4, 0.5) is 0 Å². The van der Waals surface area contributed by atoms with Gasteiger partial charge in [-0.05, 0) is 36.6 Å². The van der Waals surface area contributed by atoms with Gasteiger partial charge in [0.1, 0.15) is 0 Å². The smallest absolute Gasteiger partial charge is 0.218 e. The van der Waals surface area contributed by atoms with Crippen LogP contribution in [0, 0.1) is 0 Å². The van der Waals surface area contributed by atoms with Crippen LogP contribution in [0.2, 0.25) is 0 Å². The molecule has 0 aromatic rings. The molecule has 0 fully saturated rings. The molecule has 2 aliphatic heterocycles. The molecule has 0 aromatic carbocycles. The number of hydrogen-bond acceptors (Lipinski definition) is 3. The van der Waals surface area contributed by atoms with Gasteiger partial charge in [-0.3, -0.25) is 0 Å². The molecule has 4 heteroatoms. The molecule has 2 aliphatic rings. The summed E-state index contributed by atoms with van der Waals surface area (Å²) in [6, 6.07) is 0. The molecular formula is C12H14ClN3. The first-order valence-corrected chi connectivity index (χ1v) is 5.69. The lowest BCUT2D eigenvalue weighted by Crippen LogP contribution is -2.29. The molecule has 3 nitrogen and oxygen atoms in total. The third kappa shape index (κ3) is 1.61. The molecule has 0 aliphatic carbocycles. The Morgan fingerprint density at radius 3 is 3.00 bits per heavy atom. The van der Waals surface area contributed by atoms with Crippen LogP contribution >= 0.6 is 11.6 Å². The first kappa shape index (κ1) is 11.1. The van der Waals surface area contributed by atoms with Crippen LogP contribution in [0.15, 0.2) is 45.3 Å². The maximum Gasteiger partial charge on any atom is 0.224 e. The Bertz CT molecular complexity index is 455. The number of allylic oxidation sites excluding steroid dienone is 3. The van der Waals surface area contributed by atoms with Crippen molar-refractivity contribution in [3.63, 3.8) is 0 Å². The average molecular weight is 236 g/mol. The molecule has 0 atom stereocenters. The van der Waals surface area contributed by atoms with Crippen molar-refractivity contribution >= 4 is 23.1 Å². The van der Waals surface area contributed by atoms with Gasteiger partial charge in [0, 0.05) is 18.2 Å². The summed E-state index contributed by atoms with van der Waals surface area (Å²) in [6.07, 6.45) is 5.47. The lowest BCUT2D eigenvalue weighted by molar-refractivity contribution is 0.538. The Hall–Kier alpha value is -1.35. The number of hydrazone groups is 1. The van der Waals surface area contributed by atoms with Crippen LogP contribution in [0.25, 0.3) is 0 Å².